The van der Waals surface area contributed by atoms with Crippen molar-refractivity contribution < 1.29 is 57.2 Å². The number of carbonyl (C=O) groups is 6. The lowest BCUT2D eigenvalue weighted by molar-refractivity contribution is -0.142. The molecule has 21 nitrogen and oxygen atoms in total. The normalized spacial score (nSPS) is 10.8. The predicted molar refractivity (Wildman–Crippen MR) is 243 cm³/mol. The molecule has 0 aromatic carbocycles. The molecule has 0 aliphatic carbocycles. The largest absolute Gasteiger partial charge is 0.460 e. The van der Waals surface area contributed by atoms with Gasteiger partial charge in [-0.15, -0.1) is 0 Å². The molecule has 3 N–H and O–H groups in total. The lowest BCUT2D eigenvalue weighted by Gasteiger charge is -2.14. The van der Waals surface area contributed by atoms with E-state index in [2.05, 4.69) is 35.7 Å². The van der Waals surface area contributed by atoms with Gasteiger partial charge < -0.3 is 44.4 Å². The number of amides is 3. The summed E-state index contributed by atoms with van der Waals surface area (Å²) in [5.74, 6) is -2.52. The van der Waals surface area contributed by atoms with E-state index < -0.39 is 35.0 Å². The molecule has 0 unspecified atom stereocenters. The molecule has 1 rings (SSSR count). The lowest BCUT2D eigenvalue weighted by Crippen LogP contribution is -2.54. The molecule has 0 saturated carbocycles. The molecule has 66 heavy (non-hydrogen) atoms. The summed E-state index contributed by atoms with van der Waals surface area (Å²) in [6.45, 7) is 16.3. The van der Waals surface area contributed by atoms with E-state index in [0.717, 1.165) is 13.7 Å². The smallest absolute Gasteiger partial charge is 0.336 e. The van der Waals surface area contributed by atoms with E-state index in [1.54, 1.807) is 0 Å². The van der Waals surface area contributed by atoms with Gasteiger partial charge in [-0.2, -0.15) is 0 Å². The van der Waals surface area contributed by atoms with E-state index in [4.69, 9.17) is 28.4 Å². The zero-order valence-corrected chi connectivity index (χ0v) is 39.2. The van der Waals surface area contributed by atoms with Crippen LogP contribution in [0, 0.1) is 0 Å². The number of aromatic nitrogens is 3. The summed E-state index contributed by atoms with van der Waals surface area (Å²) in [4.78, 5) is 111. The third-order valence-electron chi connectivity index (χ3n) is 9.40. The topological polar surface area (TPSA) is 260 Å². The van der Waals surface area contributed by atoms with Gasteiger partial charge in [0.2, 0.25) is 17.7 Å². The number of hydrogen-bond donors (Lipinski definition) is 3. The van der Waals surface area contributed by atoms with Crippen LogP contribution in [0.3, 0.4) is 0 Å². The standard InChI is InChI=1S/C45H72N6O15/c1-34(2)40(55)64-28-25-61-31-37(52)46-19-13-7-10-16-22-49-43(58)50(23-17-11-8-14-20-47-38(53)32-62-26-29-65-41(56)35(3)4)45(60)51(44(49)59)24-18-12-9-15-21-48-39(54)33-63-27-30-66-42(57)36(5)6/h1,3,5,7-33H2,2,4,6H3,(H,46,52)(H,47,53)(H,48,54). The molecule has 1 aromatic heterocycles. The van der Waals surface area contributed by atoms with Crippen LogP contribution < -0.4 is 33.0 Å². The van der Waals surface area contributed by atoms with E-state index in [-0.39, 0.29) is 114 Å². The van der Waals surface area contributed by atoms with Crippen molar-refractivity contribution in [1.29, 1.82) is 0 Å². The molecule has 21 heteroatoms. The highest BCUT2D eigenvalue weighted by atomic mass is 16.6. The fourth-order valence-electron chi connectivity index (χ4n) is 5.78. The number of rotatable bonds is 39. The van der Waals surface area contributed by atoms with Crippen molar-refractivity contribution in [2.24, 2.45) is 0 Å². The first-order chi connectivity index (χ1) is 31.6. The first-order valence-electron chi connectivity index (χ1n) is 22.5. The minimum Gasteiger partial charge on any atom is -0.460 e. The fourth-order valence-corrected chi connectivity index (χ4v) is 5.78. The number of hydrogen-bond acceptors (Lipinski definition) is 15. The van der Waals surface area contributed by atoms with Gasteiger partial charge in [0.25, 0.3) is 0 Å². The van der Waals surface area contributed by atoms with Crippen molar-refractivity contribution in [1.82, 2.24) is 29.7 Å². The Kier molecular flexibility index (Phi) is 31.4. The van der Waals surface area contributed by atoms with Crippen molar-refractivity contribution in [3.63, 3.8) is 0 Å². The minimum atomic E-state index is -0.669. The van der Waals surface area contributed by atoms with Gasteiger partial charge in [0.05, 0.1) is 19.8 Å². The monoisotopic (exact) mass is 937 g/mol. The van der Waals surface area contributed by atoms with Crippen LogP contribution >= 0.6 is 0 Å². The molecular weight excluding hydrogens is 865 g/mol. The van der Waals surface area contributed by atoms with E-state index in [0.29, 0.717) is 96.7 Å². The minimum absolute atomic E-state index is 0.00768. The second kappa shape index (κ2) is 35.6. The molecule has 0 fully saturated rings. The Bertz CT molecular complexity index is 1670. The molecule has 0 radical (unpaired) electrons. The van der Waals surface area contributed by atoms with E-state index in [9.17, 15) is 43.2 Å². The number of nitrogens with zero attached hydrogens (tertiary/aromatic N) is 3. The van der Waals surface area contributed by atoms with Crippen LogP contribution in [0.5, 0.6) is 0 Å². The molecule has 1 heterocycles. The van der Waals surface area contributed by atoms with Crippen molar-refractivity contribution in [3.05, 3.63) is 67.9 Å². The molecule has 1 aromatic rings. The fraction of sp³-hybridized carbons (Fsp3) is 0.667. The van der Waals surface area contributed by atoms with Crippen LogP contribution in [-0.2, 0) is 76.8 Å². The molecule has 0 spiro atoms. The van der Waals surface area contributed by atoms with Crippen LogP contribution in [0.2, 0.25) is 0 Å². The summed E-state index contributed by atoms with van der Waals surface area (Å²) in [6, 6.07) is 0. The quantitative estimate of drug-likeness (QED) is 0.0367. The Balaban J connectivity index is 2.65. The molecule has 0 aliphatic heterocycles. The Labute approximate surface area is 386 Å². The van der Waals surface area contributed by atoms with E-state index in [1.165, 1.54) is 20.8 Å². The Morgan fingerprint density at radius 2 is 0.636 bits per heavy atom. The van der Waals surface area contributed by atoms with Gasteiger partial charge in [0.15, 0.2) is 0 Å². The summed E-state index contributed by atoms with van der Waals surface area (Å²) in [7, 11) is 0. The molecule has 0 atom stereocenters. The van der Waals surface area contributed by atoms with Gasteiger partial charge in [-0.1, -0.05) is 58.3 Å². The maximum Gasteiger partial charge on any atom is 0.336 e. The number of ether oxygens (including phenoxy) is 6. The number of esters is 3. The number of carbonyl (C=O) groups excluding carboxylic acids is 6. The van der Waals surface area contributed by atoms with Crippen molar-refractivity contribution in [2.45, 2.75) is 117 Å². The maximum absolute atomic E-state index is 13.5. The third-order valence-corrected chi connectivity index (χ3v) is 9.40. The van der Waals surface area contributed by atoms with E-state index >= 15 is 0 Å². The highest BCUT2D eigenvalue weighted by Crippen LogP contribution is 2.04. The summed E-state index contributed by atoms with van der Waals surface area (Å²) in [5.41, 5.74) is -1.19. The van der Waals surface area contributed by atoms with Crippen molar-refractivity contribution in [3.8, 4) is 0 Å². The van der Waals surface area contributed by atoms with E-state index in [1.807, 2.05) is 0 Å². The van der Waals surface area contributed by atoms with Crippen LogP contribution in [0.4, 0.5) is 0 Å². The molecule has 372 valence electrons. The number of unbranched alkanes of at least 4 members (excludes halogenated alkanes) is 9. The summed E-state index contributed by atoms with van der Waals surface area (Å²) >= 11 is 0. The third kappa shape index (κ3) is 27.0. The zero-order chi connectivity index (χ0) is 49.1. The highest BCUT2D eigenvalue weighted by Gasteiger charge is 2.16. The molecular formula is C45H72N6O15. The second-order valence-electron chi connectivity index (χ2n) is 15.5. The molecule has 0 saturated heterocycles. The molecule has 0 aliphatic rings. The Hall–Kier alpha value is -5.67. The SMILES string of the molecule is C=C(C)C(=O)OCCOCC(=O)NCCCCCCn1c(=O)n(CCCCCCNC(=O)COCCOC(=O)C(=C)C)c(=O)n(CCCCCCNC(=O)COCCOC(=O)C(=C)C)c1=O. The zero-order valence-electron chi connectivity index (χ0n) is 39.2. The van der Waals surface area contributed by atoms with Gasteiger partial charge in [-0.25, -0.2) is 42.5 Å². The first kappa shape index (κ1) is 58.3. The summed E-state index contributed by atoms with van der Waals surface area (Å²) in [5, 5.41) is 8.26. The van der Waals surface area contributed by atoms with Gasteiger partial charge >= 0.3 is 35.0 Å². The predicted octanol–water partition coefficient (Wildman–Crippen LogP) is 1.61. The maximum atomic E-state index is 13.5. The number of nitrogens with one attached hydrogen (secondary N) is 3. The Morgan fingerprint density at radius 3 is 0.879 bits per heavy atom. The lowest BCUT2D eigenvalue weighted by atomic mass is 10.2. The first-order valence-corrected chi connectivity index (χ1v) is 22.5. The Morgan fingerprint density at radius 1 is 0.394 bits per heavy atom. The van der Waals surface area contributed by atoms with Crippen LogP contribution in [0.1, 0.15) is 97.8 Å². The molecule has 3 amide bonds. The van der Waals surface area contributed by atoms with Crippen LogP contribution in [-0.4, -0.2) is 128 Å². The summed E-state index contributed by atoms with van der Waals surface area (Å²) < 4.78 is 33.7. The highest BCUT2D eigenvalue weighted by molar-refractivity contribution is 5.87. The molecule has 0 bridgehead atoms. The van der Waals surface area contributed by atoms with Gasteiger partial charge in [-0.05, 0) is 59.3 Å². The van der Waals surface area contributed by atoms with Crippen LogP contribution in [0.25, 0.3) is 0 Å². The van der Waals surface area contributed by atoms with Crippen molar-refractivity contribution >= 4 is 35.6 Å². The summed E-state index contributed by atoms with van der Waals surface area (Å²) in [6.07, 6.45) is 7.54. The van der Waals surface area contributed by atoms with Gasteiger partial charge in [-0.3, -0.25) is 14.4 Å². The van der Waals surface area contributed by atoms with Gasteiger partial charge in [0.1, 0.15) is 39.6 Å². The average molecular weight is 937 g/mol. The second-order valence-corrected chi connectivity index (χ2v) is 15.5. The van der Waals surface area contributed by atoms with Crippen molar-refractivity contribution in [2.75, 3.05) is 79.1 Å². The average Bonchev–Trinajstić information content (AvgIpc) is 3.27. The van der Waals surface area contributed by atoms with Crippen LogP contribution in [0.15, 0.2) is 50.8 Å². The van der Waals surface area contributed by atoms with Gasteiger partial charge in [0, 0.05) is 56.0 Å².